The number of nitrogens with zero attached hydrogens (tertiary/aromatic N) is 1. The number of benzene rings is 1. The summed E-state index contributed by atoms with van der Waals surface area (Å²) in [6, 6.07) is 8.35. The minimum Gasteiger partial charge on any atom is -0.385 e. The molecule has 1 unspecified atom stereocenters. The number of ether oxygens (including phenoxy) is 1. The van der Waals surface area contributed by atoms with Gasteiger partial charge in [-0.05, 0) is 29.3 Å². The molecular weight excluding hydrogens is 310 g/mol. The molecule has 2 rings (SSSR count). The van der Waals surface area contributed by atoms with Crippen LogP contribution >= 0.6 is 32.9 Å². The molecule has 104 valence electrons. The van der Waals surface area contributed by atoms with E-state index in [9.17, 15) is 0 Å². The fourth-order valence-electron chi connectivity index (χ4n) is 1.72. The number of aromatic nitrogens is 1. The highest BCUT2D eigenvalue weighted by Gasteiger charge is 2.16. The van der Waals surface area contributed by atoms with Crippen molar-refractivity contribution in [1.29, 1.82) is 0 Å². The summed E-state index contributed by atoms with van der Waals surface area (Å²) in [5.74, 6) is 0. The van der Waals surface area contributed by atoms with Crippen molar-refractivity contribution in [3.8, 4) is 0 Å². The molecule has 1 aromatic heterocycles. The first kappa shape index (κ1) is 15.4. The summed E-state index contributed by atoms with van der Waals surface area (Å²) in [7, 11) is 4.95. The van der Waals surface area contributed by atoms with Crippen molar-refractivity contribution in [1.82, 2.24) is 4.98 Å². The maximum atomic E-state index is 5.21. The number of fused-ring (bicyclic) bond motifs is 1. The minimum absolute atomic E-state index is 0.655. The average Bonchev–Trinajstić information content (AvgIpc) is 2.81. The highest BCUT2D eigenvalue weighted by atomic mass is 33.1. The Balaban J connectivity index is 1.96. The second kappa shape index (κ2) is 7.69. The van der Waals surface area contributed by atoms with Crippen LogP contribution in [0.25, 0.3) is 10.2 Å². The number of hydrogen-bond donors (Lipinski definition) is 0. The molecule has 0 spiro atoms. The monoisotopic (exact) mass is 329 g/mol. The smallest absolute Gasteiger partial charge is 0.161 e. The number of rotatable bonds is 7. The van der Waals surface area contributed by atoms with E-state index >= 15 is 0 Å². The standard InChI is InChI=1S/C13H19NOS3Si/c1-15-9-8-12(19(2)3)17-18-13-14-10-6-4-5-7-11(10)16-13/h4-7,12,19H,8-9H2,1-3H3. The van der Waals surface area contributed by atoms with Crippen LogP contribution in [-0.4, -0.2) is 32.4 Å². The van der Waals surface area contributed by atoms with Gasteiger partial charge in [0.2, 0.25) is 0 Å². The van der Waals surface area contributed by atoms with Crippen LogP contribution in [-0.2, 0) is 4.74 Å². The molecular formula is C13H19NOS3Si. The van der Waals surface area contributed by atoms with Gasteiger partial charge in [0.1, 0.15) is 0 Å². The van der Waals surface area contributed by atoms with Gasteiger partial charge < -0.3 is 4.74 Å². The lowest BCUT2D eigenvalue weighted by atomic mass is 10.3. The van der Waals surface area contributed by atoms with Gasteiger partial charge in [0.05, 0.1) is 10.2 Å². The number of thiazole rings is 1. The molecule has 0 N–H and O–H groups in total. The highest BCUT2D eigenvalue weighted by Crippen LogP contribution is 2.40. The van der Waals surface area contributed by atoms with E-state index in [0.29, 0.717) is 0 Å². The maximum absolute atomic E-state index is 5.21. The van der Waals surface area contributed by atoms with Crippen molar-refractivity contribution in [3.63, 3.8) is 0 Å². The molecule has 2 nitrogen and oxygen atoms in total. The number of methoxy groups -OCH3 is 1. The molecule has 1 aromatic carbocycles. The predicted octanol–water partition coefficient (Wildman–Crippen LogP) is 4.47. The molecule has 1 atom stereocenters. The Morgan fingerprint density at radius 1 is 1.37 bits per heavy atom. The second-order valence-electron chi connectivity index (χ2n) is 4.69. The van der Waals surface area contributed by atoms with Crippen LogP contribution in [0.3, 0.4) is 0 Å². The number of hydrogen-bond acceptors (Lipinski definition) is 5. The fourth-order valence-corrected chi connectivity index (χ4v) is 9.22. The highest BCUT2D eigenvalue weighted by molar-refractivity contribution is 8.77. The maximum Gasteiger partial charge on any atom is 0.161 e. The Bertz CT molecular complexity index is 484. The molecule has 0 amide bonds. The van der Waals surface area contributed by atoms with Gasteiger partial charge in [0.15, 0.2) is 4.34 Å². The third kappa shape index (κ3) is 4.49. The van der Waals surface area contributed by atoms with Crippen LogP contribution in [0, 0.1) is 0 Å². The molecule has 2 aromatic rings. The normalized spacial score (nSPS) is 13.3. The van der Waals surface area contributed by atoms with Crippen molar-refractivity contribution in [2.24, 2.45) is 0 Å². The Kier molecular flexibility index (Phi) is 6.22. The summed E-state index contributed by atoms with van der Waals surface area (Å²) in [6.45, 7) is 5.68. The largest absolute Gasteiger partial charge is 0.385 e. The molecule has 0 aliphatic carbocycles. The van der Waals surface area contributed by atoms with E-state index in [1.54, 1.807) is 18.4 Å². The average molecular weight is 330 g/mol. The fraction of sp³-hybridized carbons (Fsp3) is 0.462. The van der Waals surface area contributed by atoms with E-state index in [-0.39, 0.29) is 0 Å². The van der Waals surface area contributed by atoms with Crippen LogP contribution < -0.4 is 0 Å². The van der Waals surface area contributed by atoms with Crippen molar-refractivity contribution < 1.29 is 4.74 Å². The summed E-state index contributed by atoms with van der Waals surface area (Å²) in [5, 5.41) is 0. The topological polar surface area (TPSA) is 22.1 Å². The third-order valence-corrected chi connectivity index (χ3v) is 11.3. The first-order chi connectivity index (χ1) is 9.20. The summed E-state index contributed by atoms with van der Waals surface area (Å²) in [6.07, 6.45) is 1.16. The SMILES string of the molecule is COCCC(SSc1nc2ccccc2s1)[SiH](C)C. The van der Waals surface area contributed by atoms with E-state index in [2.05, 4.69) is 36.3 Å². The molecule has 0 saturated heterocycles. The van der Waals surface area contributed by atoms with Gasteiger partial charge in [0, 0.05) is 27.4 Å². The van der Waals surface area contributed by atoms with E-state index in [1.807, 2.05) is 27.7 Å². The Morgan fingerprint density at radius 2 is 2.16 bits per heavy atom. The van der Waals surface area contributed by atoms with Crippen LogP contribution in [0.1, 0.15) is 6.42 Å². The minimum atomic E-state index is -0.655. The van der Waals surface area contributed by atoms with Crippen LogP contribution in [0.4, 0.5) is 0 Å². The van der Waals surface area contributed by atoms with E-state index in [1.165, 1.54) is 9.04 Å². The predicted molar refractivity (Wildman–Crippen MR) is 92.2 cm³/mol. The second-order valence-corrected chi connectivity index (χ2v) is 12.2. The molecule has 0 saturated carbocycles. The van der Waals surface area contributed by atoms with E-state index < -0.39 is 8.80 Å². The summed E-state index contributed by atoms with van der Waals surface area (Å²) >= 11 is 1.79. The number of para-hydroxylation sites is 1. The van der Waals surface area contributed by atoms with Gasteiger partial charge in [-0.25, -0.2) is 4.98 Å². The Labute approximate surface area is 128 Å². The third-order valence-electron chi connectivity index (χ3n) is 2.87. The lowest BCUT2D eigenvalue weighted by Gasteiger charge is -2.17. The van der Waals surface area contributed by atoms with Gasteiger partial charge in [-0.15, -0.1) is 11.3 Å². The van der Waals surface area contributed by atoms with Crippen molar-refractivity contribution in [2.45, 2.75) is 28.7 Å². The molecule has 0 radical (unpaired) electrons. The van der Waals surface area contributed by atoms with Gasteiger partial charge in [-0.1, -0.05) is 36.0 Å². The van der Waals surface area contributed by atoms with Crippen molar-refractivity contribution in [3.05, 3.63) is 24.3 Å². The van der Waals surface area contributed by atoms with Crippen LogP contribution in [0.5, 0.6) is 0 Å². The zero-order chi connectivity index (χ0) is 13.7. The van der Waals surface area contributed by atoms with Crippen LogP contribution in [0.2, 0.25) is 13.1 Å². The van der Waals surface area contributed by atoms with E-state index in [4.69, 9.17) is 4.74 Å². The lowest BCUT2D eigenvalue weighted by molar-refractivity contribution is 0.198. The van der Waals surface area contributed by atoms with Gasteiger partial charge in [0.25, 0.3) is 0 Å². The van der Waals surface area contributed by atoms with Crippen molar-refractivity contribution >= 4 is 51.9 Å². The van der Waals surface area contributed by atoms with Crippen LogP contribution in [0.15, 0.2) is 28.6 Å². The Hall–Kier alpha value is -0.0131. The first-order valence-corrected chi connectivity index (χ1v) is 12.4. The molecule has 0 fully saturated rings. The molecule has 1 heterocycles. The molecule has 0 bridgehead atoms. The summed E-state index contributed by atoms with van der Waals surface area (Å²) in [4.78, 5) is 5.42. The lowest BCUT2D eigenvalue weighted by Crippen LogP contribution is -2.21. The zero-order valence-electron chi connectivity index (χ0n) is 11.5. The summed E-state index contributed by atoms with van der Waals surface area (Å²) in [5.41, 5.74) is 1.12. The van der Waals surface area contributed by atoms with E-state index in [0.717, 1.165) is 23.4 Å². The Morgan fingerprint density at radius 3 is 2.84 bits per heavy atom. The first-order valence-electron chi connectivity index (χ1n) is 6.38. The zero-order valence-corrected chi connectivity index (χ0v) is 15.1. The van der Waals surface area contributed by atoms with Crippen molar-refractivity contribution in [2.75, 3.05) is 13.7 Å². The molecule has 6 heteroatoms. The van der Waals surface area contributed by atoms with Gasteiger partial charge in [-0.2, -0.15) is 0 Å². The van der Waals surface area contributed by atoms with Gasteiger partial charge >= 0.3 is 0 Å². The quantitative estimate of drug-likeness (QED) is 0.552. The summed E-state index contributed by atoms with van der Waals surface area (Å²) < 4.78 is 7.66. The molecule has 19 heavy (non-hydrogen) atoms. The molecule has 0 aliphatic rings. The molecule has 0 aliphatic heterocycles. The van der Waals surface area contributed by atoms with Gasteiger partial charge in [-0.3, -0.25) is 0 Å².